The summed E-state index contributed by atoms with van der Waals surface area (Å²) >= 11 is 3.44. The largest absolute Gasteiger partial charge is 0.299 e. The van der Waals surface area contributed by atoms with Crippen molar-refractivity contribution in [1.29, 1.82) is 0 Å². The standard InChI is InChI=1S/C16H20BrFO/c1-10(2)11-3-6-16(19)13(7-11)8-12-9-14(18)4-5-15(12)17/h4-5,9-11,13H,3,6-8H2,1-2H3. The lowest BCUT2D eigenvalue weighted by Crippen LogP contribution is -2.29. The van der Waals surface area contributed by atoms with Gasteiger partial charge in [0, 0.05) is 16.8 Å². The zero-order valence-corrected chi connectivity index (χ0v) is 13.0. The van der Waals surface area contributed by atoms with Gasteiger partial charge in [0.15, 0.2) is 0 Å². The highest BCUT2D eigenvalue weighted by Gasteiger charge is 2.30. The number of carbonyl (C=O) groups excluding carboxylic acids is 1. The molecule has 1 aliphatic rings. The summed E-state index contributed by atoms with van der Waals surface area (Å²) in [5.74, 6) is 1.40. The molecule has 0 amide bonds. The van der Waals surface area contributed by atoms with E-state index in [1.165, 1.54) is 12.1 Å². The van der Waals surface area contributed by atoms with Gasteiger partial charge in [0.25, 0.3) is 0 Å². The maximum atomic E-state index is 13.3. The molecule has 2 rings (SSSR count). The van der Waals surface area contributed by atoms with Crippen LogP contribution in [0.1, 0.15) is 38.7 Å². The van der Waals surface area contributed by atoms with Gasteiger partial charge in [-0.15, -0.1) is 0 Å². The highest BCUT2D eigenvalue weighted by molar-refractivity contribution is 9.10. The van der Waals surface area contributed by atoms with Crippen molar-refractivity contribution in [2.45, 2.75) is 39.5 Å². The molecule has 1 aromatic rings. The lowest BCUT2D eigenvalue weighted by atomic mass is 9.73. The van der Waals surface area contributed by atoms with Crippen molar-refractivity contribution in [3.05, 3.63) is 34.1 Å². The molecule has 0 aromatic heterocycles. The van der Waals surface area contributed by atoms with Crippen LogP contribution in [0.5, 0.6) is 0 Å². The predicted molar refractivity (Wildman–Crippen MR) is 78.5 cm³/mol. The molecule has 0 radical (unpaired) electrons. The third-order valence-electron chi connectivity index (χ3n) is 4.22. The van der Waals surface area contributed by atoms with Crippen LogP contribution in [-0.4, -0.2) is 5.78 Å². The fourth-order valence-electron chi connectivity index (χ4n) is 2.91. The van der Waals surface area contributed by atoms with Gasteiger partial charge in [-0.25, -0.2) is 4.39 Å². The average molecular weight is 327 g/mol. The van der Waals surface area contributed by atoms with Crippen molar-refractivity contribution in [2.24, 2.45) is 17.8 Å². The van der Waals surface area contributed by atoms with Crippen LogP contribution in [0.15, 0.2) is 22.7 Å². The van der Waals surface area contributed by atoms with Gasteiger partial charge in [-0.3, -0.25) is 4.79 Å². The first-order valence-electron chi connectivity index (χ1n) is 6.94. The highest BCUT2D eigenvalue weighted by atomic mass is 79.9. The third kappa shape index (κ3) is 3.65. The van der Waals surface area contributed by atoms with Crippen LogP contribution in [0, 0.1) is 23.6 Å². The van der Waals surface area contributed by atoms with Gasteiger partial charge in [-0.2, -0.15) is 0 Å². The molecule has 0 aliphatic heterocycles. The molecule has 2 atom stereocenters. The molecule has 0 N–H and O–H groups in total. The Bertz CT molecular complexity index is 470. The van der Waals surface area contributed by atoms with E-state index < -0.39 is 0 Å². The maximum Gasteiger partial charge on any atom is 0.136 e. The molecule has 0 spiro atoms. The molecule has 19 heavy (non-hydrogen) atoms. The SMILES string of the molecule is CC(C)C1CCC(=O)C(Cc2cc(F)ccc2Br)C1. The second-order valence-corrected chi connectivity index (χ2v) is 6.74. The van der Waals surface area contributed by atoms with Gasteiger partial charge < -0.3 is 0 Å². The van der Waals surface area contributed by atoms with Gasteiger partial charge in [0.2, 0.25) is 0 Å². The molecule has 1 fully saturated rings. The Morgan fingerprint density at radius 2 is 2.16 bits per heavy atom. The number of hydrogen-bond acceptors (Lipinski definition) is 1. The van der Waals surface area contributed by atoms with Gasteiger partial charge in [-0.1, -0.05) is 29.8 Å². The molecule has 1 nitrogen and oxygen atoms in total. The minimum absolute atomic E-state index is 0.0549. The van der Waals surface area contributed by atoms with Crippen LogP contribution >= 0.6 is 15.9 Å². The molecule has 1 aliphatic carbocycles. The molecule has 1 saturated carbocycles. The van der Waals surface area contributed by atoms with Crippen LogP contribution in [-0.2, 0) is 11.2 Å². The van der Waals surface area contributed by atoms with E-state index in [4.69, 9.17) is 0 Å². The number of ketones is 1. The lowest BCUT2D eigenvalue weighted by Gasteiger charge is -2.30. The number of carbonyl (C=O) groups is 1. The fraction of sp³-hybridized carbons (Fsp3) is 0.562. The normalized spacial score (nSPS) is 23.9. The van der Waals surface area contributed by atoms with Crippen molar-refractivity contribution in [3.8, 4) is 0 Å². The summed E-state index contributed by atoms with van der Waals surface area (Å²) in [6.07, 6.45) is 3.29. The quantitative estimate of drug-likeness (QED) is 0.781. The maximum absolute atomic E-state index is 13.3. The monoisotopic (exact) mass is 326 g/mol. The summed E-state index contributed by atoms with van der Waals surface area (Å²) in [7, 11) is 0. The van der Waals surface area contributed by atoms with Crippen LogP contribution in [0.3, 0.4) is 0 Å². The molecule has 0 bridgehead atoms. The molecule has 104 valence electrons. The Hall–Kier alpha value is -0.700. The molecule has 2 unspecified atom stereocenters. The van der Waals surface area contributed by atoms with Crippen LogP contribution in [0.2, 0.25) is 0 Å². The second-order valence-electron chi connectivity index (χ2n) is 5.88. The molecule has 3 heteroatoms. The predicted octanol–water partition coefficient (Wildman–Crippen LogP) is 4.77. The van der Waals surface area contributed by atoms with E-state index in [-0.39, 0.29) is 11.7 Å². The van der Waals surface area contributed by atoms with Crippen molar-refractivity contribution < 1.29 is 9.18 Å². The third-order valence-corrected chi connectivity index (χ3v) is 4.99. The summed E-state index contributed by atoms with van der Waals surface area (Å²) in [6.45, 7) is 4.44. The van der Waals surface area contributed by atoms with Crippen molar-refractivity contribution in [2.75, 3.05) is 0 Å². The van der Waals surface area contributed by atoms with Gasteiger partial charge in [0.1, 0.15) is 11.6 Å². The van der Waals surface area contributed by atoms with Gasteiger partial charge in [-0.05, 0) is 54.9 Å². The first kappa shape index (κ1) is 14.7. The van der Waals surface area contributed by atoms with E-state index in [1.807, 2.05) is 0 Å². The Morgan fingerprint density at radius 1 is 1.42 bits per heavy atom. The minimum Gasteiger partial charge on any atom is -0.299 e. The van der Waals surface area contributed by atoms with E-state index in [2.05, 4.69) is 29.8 Å². The van der Waals surface area contributed by atoms with E-state index in [0.29, 0.717) is 30.5 Å². The Morgan fingerprint density at radius 3 is 2.84 bits per heavy atom. The van der Waals surface area contributed by atoms with Crippen molar-refractivity contribution in [1.82, 2.24) is 0 Å². The molecular weight excluding hydrogens is 307 g/mol. The molecule has 1 aromatic carbocycles. The Labute approximate surface area is 122 Å². The minimum atomic E-state index is -0.234. The Kier molecular flexibility index (Phi) is 4.77. The summed E-state index contributed by atoms with van der Waals surface area (Å²) in [5, 5.41) is 0. The fourth-order valence-corrected chi connectivity index (χ4v) is 3.32. The van der Waals surface area contributed by atoms with E-state index in [1.54, 1.807) is 6.07 Å². The number of halogens is 2. The van der Waals surface area contributed by atoms with E-state index >= 15 is 0 Å². The number of hydrogen-bond donors (Lipinski definition) is 0. The zero-order chi connectivity index (χ0) is 14.0. The summed E-state index contributed by atoms with van der Waals surface area (Å²) < 4.78 is 14.2. The van der Waals surface area contributed by atoms with Crippen LogP contribution in [0.4, 0.5) is 4.39 Å². The number of Topliss-reactive ketones (excluding diaryl/α,β-unsaturated/α-hetero) is 1. The first-order valence-corrected chi connectivity index (χ1v) is 7.73. The smallest absolute Gasteiger partial charge is 0.136 e. The topological polar surface area (TPSA) is 17.1 Å². The highest BCUT2D eigenvalue weighted by Crippen LogP contribution is 2.34. The molecule has 0 saturated heterocycles. The van der Waals surface area contributed by atoms with Crippen molar-refractivity contribution >= 4 is 21.7 Å². The summed E-state index contributed by atoms with van der Waals surface area (Å²) in [6, 6.07) is 4.70. The molecular formula is C16H20BrFO. The van der Waals surface area contributed by atoms with Gasteiger partial charge in [0.05, 0.1) is 0 Å². The second kappa shape index (κ2) is 6.17. The first-order chi connectivity index (χ1) is 8.97. The van der Waals surface area contributed by atoms with Crippen molar-refractivity contribution in [3.63, 3.8) is 0 Å². The zero-order valence-electron chi connectivity index (χ0n) is 11.5. The number of rotatable bonds is 3. The Balaban J connectivity index is 2.12. The lowest BCUT2D eigenvalue weighted by molar-refractivity contribution is -0.125. The average Bonchev–Trinajstić information content (AvgIpc) is 2.36. The number of benzene rings is 1. The van der Waals surface area contributed by atoms with Crippen LogP contribution in [0.25, 0.3) is 0 Å². The summed E-state index contributed by atoms with van der Waals surface area (Å²) in [4.78, 5) is 12.1. The molecule has 0 heterocycles. The van der Waals surface area contributed by atoms with E-state index in [0.717, 1.165) is 22.9 Å². The van der Waals surface area contributed by atoms with Crippen LogP contribution < -0.4 is 0 Å². The van der Waals surface area contributed by atoms with Gasteiger partial charge >= 0.3 is 0 Å². The van der Waals surface area contributed by atoms with E-state index in [9.17, 15) is 9.18 Å². The summed E-state index contributed by atoms with van der Waals surface area (Å²) in [5.41, 5.74) is 0.905.